The first-order valence-corrected chi connectivity index (χ1v) is 6.60. The topological polar surface area (TPSA) is 37.4 Å². The molecule has 0 aromatic heterocycles. The van der Waals surface area contributed by atoms with Crippen LogP contribution in [0.2, 0.25) is 0 Å². The fourth-order valence-corrected chi connectivity index (χ4v) is 2.74. The maximum Gasteiger partial charge on any atom is 0.315 e. The SMILES string of the molecule is CC1(C)CCCN(C(=O)C(F)F)C1C(=O)CBr. The zero-order valence-corrected chi connectivity index (χ0v) is 11.5. The molecular weight excluding hydrogens is 296 g/mol. The number of likely N-dealkylation sites (tertiary alicyclic amines) is 1. The Kier molecular flexibility index (Phi) is 4.63. The van der Waals surface area contributed by atoms with Gasteiger partial charge in [0.05, 0.1) is 11.4 Å². The normalized spacial score (nSPS) is 23.9. The highest BCUT2D eigenvalue weighted by Gasteiger charge is 2.45. The Labute approximate surface area is 108 Å². The lowest BCUT2D eigenvalue weighted by molar-refractivity contribution is -0.155. The number of carbonyl (C=O) groups is 2. The quantitative estimate of drug-likeness (QED) is 0.750. The van der Waals surface area contributed by atoms with Gasteiger partial charge in [-0.05, 0) is 18.3 Å². The summed E-state index contributed by atoms with van der Waals surface area (Å²) in [5.74, 6) is -1.46. The van der Waals surface area contributed by atoms with E-state index in [4.69, 9.17) is 0 Å². The van der Waals surface area contributed by atoms with Gasteiger partial charge in [0.25, 0.3) is 5.91 Å². The molecule has 0 bridgehead atoms. The molecule has 1 heterocycles. The van der Waals surface area contributed by atoms with E-state index in [9.17, 15) is 18.4 Å². The highest BCUT2D eigenvalue weighted by Crippen LogP contribution is 2.36. The van der Waals surface area contributed by atoms with Gasteiger partial charge in [-0.2, -0.15) is 8.78 Å². The number of halogens is 3. The third-order valence-corrected chi connectivity index (χ3v) is 3.73. The minimum absolute atomic E-state index is 0.0775. The number of carbonyl (C=O) groups excluding carboxylic acids is 2. The molecule has 1 aliphatic heterocycles. The van der Waals surface area contributed by atoms with Crippen LogP contribution in [0.3, 0.4) is 0 Å². The third-order valence-electron chi connectivity index (χ3n) is 3.18. The highest BCUT2D eigenvalue weighted by atomic mass is 79.9. The van der Waals surface area contributed by atoms with Crippen molar-refractivity contribution < 1.29 is 18.4 Å². The van der Waals surface area contributed by atoms with Crippen LogP contribution >= 0.6 is 15.9 Å². The Bertz CT molecular complexity index is 321. The van der Waals surface area contributed by atoms with E-state index >= 15 is 0 Å². The maximum absolute atomic E-state index is 12.5. The van der Waals surface area contributed by atoms with Crippen molar-refractivity contribution in [2.75, 3.05) is 11.9 Å². The van der Waals surface area contributed by atoms with Gasteiger partial charge in [-0.15, -0.1) is 0 Å². The Morgan fingerprint density at radius 3 is 2.53 bits per heavy atom. The molecular formula is C11H16BrF2NO2. The summed E-state index contributed by atoms with van der Waals surface area (Å²) in [4.78, 5) is 24.3. The summed E-state index contributed by atoms with van der Waals surface area (Å²) in [7, 11) is 0. The largest absolute Gasteiger partial charge is 0.327 e. The molecule has 1 rings (SSSR count). The average molecular weight is 312 g/mol. The molecule has 0 saturated carbocycles. The van der Waals surface area contributed by atoms with Gasteiger partial charge in [-0.3, -0.25) is 9.59 Å². The summed E-state index contributed by atoms with van der Waals surface area (Å²) in [5, 5.41) is 0.0775. The van der Waals surface area contributed by atoms with Crippen molar-refractivity contribution in [1.82, 2.24) is 4.90 Å². The van der Waals surface area contributed by atoms with Crippen molar-refractivity contribution in [2.24, 2.45) is 5.41 Å². The van der Waals surface area contributed by atoms with E-state index in [1.165, 1.54) is 0 Å². The zero-order valence-electron chi connectivity index (χ0n) is 9.88. The van der Waals surface area contributed by atoms with Gasteiger partial charge in [0.1, 0.15) is 0 Å². The van der Waals surface area contributed by atoms with Crippen LogP contribution in [0.5, 0.6) is 0 Å². The molecule has 0 radical (unpaired) electrons. The van der Waals surface area contributed by atoms with Crippen LogP contribution < -0.4 is 0 Å². The van der Waals surface area contributed by atoms with Crippen LogP contribution in [0.15, 0.2) is 0 Å². The minimum Gasteiger partial charge on any atom is -0.327 e. The van der Waals surface area contributed by atoms with Crippen LogP contribution in [0.4, 0.5) is 8.78 Å². The fourth-order valence-electron chi connectivity index (χ4n) is 2.44. The summed E-state index contributed by atoms with van der Waals surface area (Å²) < 4.78 is 25.0. The number of amides is 1. The molecule has 0 aromatic rings. The molecule has 0 aliphatic carbocycles. The van der Waals surface area contributed by atoms with Crippen LogP contribution in [-0.2, 0) is 9.59 Å². The third kappa shape index (κ3) is 3.03. The van der Waals surface area contributed by atoms with E-state index in [1.54, 1.807) is 0 Å². The van der Waals surface area contributed by atoms with Gasteiger partial charge >= 0.3 is 6.43 Å². The van der Waals surface area contributed by atoms with Crippen LogP contribution in [0.1, 0.15) is 26.7 Å². The molecule has 1 unspecified atom stereocenters. The molecule has 6 heteroatoms. The van der Waals surface area contributed by atoms with Crippen molar-refractivity contribution in [3.63, 3.8) is 0 Å². The lowest BCUT2D eigenvalue weighted by atomic mass is 9.75. The number of Topliss-reactive ketones (excluding diaryl/α,β-unsaturated/α-hetero) is 1. The first-order chi connectivity index (χ1) is 7.81. The number of rotatable bonds is 3. The number of hydrogen-bond donors (Lipinski definition) is 0. The van der Waals surface area contributed by atoms with Crippen LogP contribution in [0, 0.1) is 5.41 Å². The zero-order chi connectivity index (χ0) is 13.2. The number of ketones is 1. The molecule has 0 N–H and O–H groups in total. The fraction of sp³-hybridized carbons (Fsp3) is 0.818. The molecule has 0 spiro atoms. The molecule has 17 heavy (non-hydrogen) atoms. The van der Waals surface area contributed by atoms with Crippen molar-refractivity contribution in [1.29, 1.82) is 0 Å². The summed E-state index contributed by atoms with van der Waals surface area (Å²) in [6.07, 6.45) is -1.64. The molecule has 0 aromatic carbocycles. The predicted octanol–water partition coefficient (Wildman–Crippen LogP) is 2.23. The maximum atomic E-state index is 12.5. The Morgan fingerprint density at radius 2 is 2.06 bits per heavy atom. The van der Waals surface area contributed by atoms with Gasteiger partial charge in [0.2, 0.25) is 0 Å². The molecule has 3 nitrogen and oxygen atoms in total. The smallest absolute Gasteiger partial charge is 0.315 e. The van der Waals surface area contributed by atoms with Gasteiger partial charge in [0, 0.05) is 6.54 Å². The van der Waals surface area contributed by atoms with E-state index in [2.05, 4.69) is 15.9 Å². The second-order valence-corrected chi connectivity index (χ2v) is 5.49. The second kappa shape index (κ2) is 5.42. The molecule has 1 fully saturated rings. The van der Waals surface area contributed by atoms with Gasteiger partial charge in [-0.25, -0.2) is 0 Å². The van der Waals surface area contributed by atoms with Crippen LogP contribution in [0.25, 0.3) is 0 Å². The second-order valence-electron chi connectivity index (χ2n) is 4.93. The summed E-state index contributed by atoms with van der Waals surface area (Å²) >= 11 is 3.04. The summed E-state index contributed by atoms with van der Waals surface area (Å²) in [6.45, 7) is 3.91. The number of hydrogen-bond acceptors (Lipinski definition) is 2. The van der Waals surface area contributed by atoms with Gasteiger partial charge < -0.3 is 4.90 Å². The van der Waals surface area contributed by atoms with Gasteiger partial charge in [0.15, 0.2) is 5.78 Å². The Morgan fingerprint density at radius 1 is 1.47 bits per heavy atom. The molecule has 98 valence electrons. The molecule has 1 amide bonds. The van der Waals surface area contributed by atoms with Crippen LogP contribution in [-0.4, -0.2) is 40.9 Å². The van der Waals surface area contributed by atoms with Crippen molar-refractivity contribution in [2.45, 2.75) is 39.2 Å². The summed E-state index contributed by atoms with van der Waals surface area (Å²) in [6, 6.07) is -0.753. The minimum atomic E-state index is -3.05. The number of alkyl halides is 3. The van der Waals surface area contributed by atoms with E-state index in [1.807, 2.05) is 13.8 Å². The van der Waals surface area contributed by atoms with E-state index in [0.29, 0.717) is 6.42 Å². The lowest BCUT2D eigenvalue weighted by Crippen LogP contribution is -2.58. The highest BCUT2D eigenvalue weighted by molar-refractivity contribution is 9.09. The predicted molar refractivity (Wildman–Crippen MR) is 63.3 cm³/mol. The number of piperidine rings is 1. The monoisotopic (exact) mass is 311 g/mol. The van der Waals surface area contributed by atoms with Gasteiger partial charge in [-0.1, -0.05) is 29.8 Å². The molecule has 1 saturated heterocycles. The first kappa shape index (κ1) is 14.5. The van der Waals surface area contributed by atoms with E-state index in [0.717, 1.165) is 11.3 Å². The Hall–Kier alpha value is -0.520. The van der Waals surface area contributed by atoms with E-state index < -0.39 is 23.8 Å². The van der Waals surface area contributed by atoms with Crippen molar-refractivity contribution >= 4 is 27.6 Å². The molecule has 1 atom stereocenters. The van der Waals surface area contributed by atoms with Crippen molar-refractivity contribution in [3.8, 4) is 0 Å². The average Bonchev–Trinajstić information content (AvgIpc) is 2.25. The van der Waals surface area contributed by atoms with E-state index in [-0.39, 0.29) is 17.7 Å². The number of nitrogens with zero attached hydrogens (tertiary/aromatic N) is 1. The summed E-state index contributed by atoms with van der Waals surface area (Å²) in [5.41, 5.74) is -0.451. The molecule has 1 aliphatic rings. The first-order valence-electron chi connectivity index (χ1n) is 5.48. The standard InChI is InChI=1S/C11H16BrF2NO2/c1-11(2)4-3-5-15(10(17)9(13)14)8(11)7(16)6-12/h8-9H,3-6H2,1-2H3. The lowest BCUT2D eigenvalue weighted by Gasteiger charge is -2.45. The van der Waals surface area contributed by atoms with Crippen molar-refractivity contribution in [3.05, 3.63) is 0 Å². The Balaban J connectivity index is 3.01.